The van der Waals surface area contributed by atoms with Gasteiger partial charge in [0.15, 0.2) is 0 Å². The zero-order chi connectivity index (χ0) is 13.1. The van der Waals surface area contributed by atoms with Crippen LogP contribution in [0.5, 0.6) is 0 Å². The summed E-state index contributed by atoms with van der Waals surface area (Å²) >= 11 is 0. The van der Waals surface area contributed by atoms with Gasteiger partial charge in [0.05, 0.1) is 25.0 Å². The van der Waals surface area contributed by atoms with Gasteiger partial charge in [0.25, 0.3) is 0 Å². The number of aromatic nitrogens is 2. The molecular weight excluding hydrogens is 236 g/mol. The molecule has 0 atom stereocenters. The van der Waals surface area contributed by atoms with Crippen molar-refractivity contribution in [2.45, 2.75) is 25.8 Å². The smallest absolute Gasteiger partial charge is 0.0675 e. The van der Waals surface area contributed by atoms with E-state index in [1.165, 1.54) is 28.8 Å². The third kappa shape index (κ3) is 2.47. The monoisotopic (exact) mass is 254 g/mol. The highest BCUT2D eigenvalue weighted by Gasteiger charge is 2.19. The molecule has 0 bridgehead atoms. The summed E-state index contributed by atoms with van der Waals surface area (Å²) in [5.41, 5.74) is 5.08. The largest absolute Gasteiger partial charge is 0.394 e. The van der Waals surface area contributed by atoms with Crippen molar-refractivity contribution in [2.24, 2.45) is 0 Å². The number of aryl methyl sites for hydroxylation is 1. The Bertz CT molecular complexity index is 584. The van der Waals surface area contributed by atoms with Crippen LogP contribution in [-0.4, -0.2) is 21.5 Å². The van der Waals surface area contributed by atoms with E-state index < -0.39 is 0 Å². The Morgan fingerprint density at radius 1 is 1.21 bits per heavy atom. The van der Waals surface area contributed by atoms with Gasteiger partial charge in [-0.05, 0) is 42.0 Å². The van der Waals surface area contributed by atoms with Crippen LogP contribution < -0.4 is 0 Å². The molecule has 2 aromatic rings. The quantitative estimate of drug-likeness (QED) is 0.914. The van der Waals surface area contributed by atoms with Crippen LogP contribution in [-0.2, 0) is 13.0 Å². The van der Waals surface area contributed by atoms with Crippen molar-refractivity contribution in [2.75, 3.05) is 6.61 Å². The highest BCUT2D eigenvalue weighted by atomic mass is 16.3. The van der Waals surface area contributed by atoms with Gasteiger partial charge >= 0.3 is 0 Å². The molecule has 98 valence electrons. The molecule has 1 aromatic heterocycles. The van der Waals surface area contributed by atoms with Crippen molar-refractivity contribution >= 4 is 11.6 Å². The molecule has 0 saturated carbocycles. The van der Waals surface area contributed by atoms with E-state index in [9.17, 15) is 0 Å². The maximum Gasteiger partial charge on any atom is 0.0675 e. The van der Waals surface area contributed by atoms with Crippen LogP contribution in [0.25, 0.3) is 11.6 Å². The lowest BCUT2D eigenvalue weighted by atomic mass is 9.91. The van der Waals surface area contributed by atoms with Crippen molar-refractivity contribution in [3.63, 3.8) is 0 Å². The van der Waals surface area contributed by atoms with Crippen LogP contribution in [0, 0.1) is 0 Å². The second kappa shape index (κ2) is 5.41. The van der Waals surface area contributed by atoms with E-state index in [0.717, 1.165) is 12.8 Å². The topological polar surface area (TPSA) is 38.0 Å². The minimum Gasteiger partial charge on any atom is -0.394 e. The second-order valence-electron chi connectivity index (χ2n) is 4.90. The summed E-state index contributed by atoms with van der Waals surface area (Å²) in [4.78, 5) is 0. The molecular formula is C16H18N2O. The maximum absolute atomic E-state index is 9.14. The number of fused-ring (bicyclic) bond motifs is 1. The van der Waals surface area contributed by atoms with Crippen LogP contribution in [0.15, 0.2) is 36.5 Å². The minimum atomic E-state index is 0.132. The molecule has 1 heterocycles. The van der Waals surface area contributed by atoms with Crippen LogP contribution in [0.4, 0.5) is 0 Å². The van der Waals surface area contributed by atoms with Crippen LogP contribution >= 0.6 is 0 Å². The number of rotatable bonds is 3. The van der Waals surface area contributed by atoms with Crippen molar-refractivity contribution < 1.29 is 5.11 Å². The third-order valence-corrected chi connectivity index (χ3v) is 3.56. The number of hydrogen-bond donors (Lipinski definition) is 1. The van der Waals surface area contributed by atoms with Crippen molar-refractivity contribution in [1.82, 2.24) is 9.78 Å². The first-order valence-electron chi connectivity index (χ1n) is 6.80. The van der Waals surface area contributed by atoms with Crippen molar-refractivity contribution in [3.8, 4) is 0 Å². The highest BCUT2D eigenvalue weighted by molar-refractivity contribution is 5.82. The van der Waals surface area contributed by atoms with Crippen LogP contribution in [0.2, 0.25) is 0 Å². The van der Waals surface area contributed by atoms with Gasteiger partial charge in [-0.1, -0.05) is 30.3 Å². The van der Waals surface area contributed by atoms with E-state index in [1.54, 1.807) is 0 Å². The lowest BCUT2D eigenvalue weighted by Crippen LogP contribution is -2.11. The second-order valence-corrected chi connectivity index (χ2v) is 4.90. The standard InChI is InChI=1S/C16H18N2O/c19-10-9-18-16-14(7-4-8-15(16)12-17-18)11-13-5-2-1-3-6-13/h1-3,5-6,11-12,19H,4,7-10H2/b14-11+. The summed E-state index contributed by atoms with van der Waals surface area (Å²) in [5.74, 6) is 0. The number of nitrogens with zero attached hydrogens (tertiary/aromatic N) is 2. The summed E-state index contributed by atoms with van der Waals surface area (Å²) < 4.78 is 1.93. The molecule has 3 rings (SSSR count). The molecule has 1 aromatic carbocycles. The number of benzene rings is 1. The molecule has 0 radical (unpaired) electrons. The lowest BCUT2D eigenvalue weighted by Gasteiger charge is -2.17. The number of hydrogen-bond acceptors (Lipinski definition) is 2. The van der Waals surface area contributed by atoms with E-state index >= 15 is 0 Å². The Morgan fingerprint density at radius 2 is 2.05 bits per heavy atom. The maximum atomic E-state index is 9.14. The van der Waals surface area contributed by atoms with Gasteiger partial charge in [-0.25, -0.2) is 0 Å². The first kappa shape index (κ1) is 12.2. The average molecular weight is 254 g/mol. The fourth-order valence-corrected chi connectivity index (χ4v) is 2.72. The Hall–Kier alpha value is -1.87. The Kier molecular flexibility index (Phi) is 3.47. The molecule has 0 spiro atoms. The van der Waals surface area contributed by atoms with Gasteiger partial charge in [-0.2, -0.15) is 5.10 Å². The van der Waals surface area contributed by atoms with Gasteiger partial charge in [-0.3, -0.25) is 4.68 Å². The fourth-order valence-electron chi connectivity index (χ4n) is 2.72. The summed E-state index contributed by atoms with van der Waals surface area (Å²) in [6.07, 6.45) is 7.54. The van der Waals surface area contributed by atoms with Gasteiger partial charge in [-0.15, -0.1) is 0 Å². The Morgan fingerprint density at radius 3 is 2.84 bits per heavy atom. The van der Waals surface area contributed by atoms with Gasteiger partial charge in [0, 0.05) is 0 Å². The summed E-state index contributed by atoms with van der Waals surface area (Å²) in [5, 5.41) is 13.5. The summed E-state index contributed by atoms with van der Waals surface area (Å²) in [7, 11) is 0. The number of aliphatic hydroxyl groups excluding tert-OH is 1. The van der Waals surface area contributed by atoms with Crippen molar-refractivity contribution in [3.05, 3.63) is 53.3 Å². The zero-order valence-electron chi connectivity index (χ0n) is 10.9. The number of aliphatic hydroxyl groups is 1. The molecule has 3 heteroatoms. The fraction of sp³-hybridized carbons (Fsp3) is 0.312. The first-order chi connectivity index (χ1) is 9.38. The first-order valence-corrected chi connectivity index (χ1v) is 6.80. The molecule has 1 aliphatic carbocycles. The normalized spacial score (nSPS) is 16.6. The van der Waals surface area contributed by atoms with E-state index in [0.29, 0.717) is 6.54 Å². The number of allylic oxidation sites excluding steroid dienone is 1. The molecule has 1 N–H and O–H groups in total. The molecule has 1 aliphatic rings. The van der Waals surface area contributed by atoms with Gasteiger partial charge < -0.3 is 5.11 Å². The lowest BCUT2D eigenvalue weighted by molar-refractivity contribution is 0.268. The van der Waals surface area contributed by atoms with Crippen molar-refractivity contribution in [1.29, 1.82) is 0 Å². The predicted octanol–water partition coefficient (Wildman–Crippen LogP) is 2.75. The molecule has 0 amide bonds. The van der Waals surface area contributed by atoms with Gasteiger partial charge in [0.1, 0.15) is 0 Å². The van der Waals surface area contributed by atoms with Gasteiger partial charge in [0.2, 0.25) is 0 Å². The molecule has 0 aliphatic heterocycles. The Labute approximate surface area is 113 Å². The molecule has 0 unspecified atom stereocenters. The zero-order valence-corrected chi connectivity index (χ0v) is 10.9. The molecule has 0 fully saturated rings. The van der Waals surface area contributed by atoms with Crippen LogP contribution in [0.3, 0.4) is 0 Å². The van der Waals surface area contributed by atoms with Crippen LogP contribution in [0.1, 0.15) is 29.7 Å². The van der Waals surface area contributed by atoms with E-state index in [1.807, 2.05) is 16.9 Å². The summed E-state index contributed by atoms with van der Waals surface area (Å²) in [6, 6.07) is 10.4. The summed E-state index contributed by atoms with van der Waals surface area (Å²) in [6.45, 7) is 0.703. The highest BCUT2D eigenvalue weighted by Crippen LogP contribution is 2.32. The average Bonchev–Trinajstić information content (AvgIpc) is 2.85. The van der Waals surface area contributed by atoms with E-state index in [2.05, 4.69) is 35.4 Å². The Balaban J connectivity index is 2.02. The molecule has 19 heavy (non-hydrogen) atoms. The van der Waals surface area contributed by atoms with E-state index in [4.69, 9.17) is 5.11 Å². The minimum absolute atomic E-state index is 0.132. The predicted molar refractivity (Wildman–Crippen MR) is 76.6 cm³/mol. The third-order valence-electron chi connectivity index (χ3n) is 3.56. The molecule has 3 nitrogen and oxygen atoms in total. The SMILES string of the molecule is OCCn1ncc2c1/C(=C/c1ccccc1)CCC2. The molecule has 0 saturated heterocycles. The van der Waals surface area contributed by atoms with E-state index in [-0.39, 0.29) is 6.61 Å².